The van der Waals surface area contributed by atoms with Crippen LogP contribution in [-0.2, 0) is 24.2 Å². The van der Waals surface area contributed by atoms with E-state index in [4.69, 9.17) is 0 Å². The van der Waals surface area contributed by atoms with Gasteiger partial charge in [-0.15, -0.1) is 10.2 Å². The third-order valence-corrected chi connectivity index (χ3v) is 6.38. The van der Waals surface area contributed by atoms with Gasteiger partial charge in [-0.1, -0.05) is 74.1 Å². The van der Waals surface area contributed by atoms with Gasteiger partial charge in [0.1, 0.15) is 0 Å². The van der Waals surface area contributed by atoms with E-state index in [2.05, 4.69) is 58.6 Å². The molecule has 0 fully saturated rings. The van der Waals surface area contributed by atoms with Crippen LogP contribution in [0.1, 0.15) is 30.5 Å². The zero-order chi connectivity index (χ0) is 23.0. The Hall–Kier alpha value is -3.45. The van der Waals surface area contributed by atoms with Gasteiger partial charge < -0.3 is 5.32 Å². The summed E-state index contributed by atoms with van der Waals surface area (Å²) in [5.41, 5.74) is 5.27. The number of nitrogens with one attached hydrogen (secondary N) is 1. The van der Waals surface area contributed by atoms with Crippen molar-refractivity contribution in [3.63, 3.8) is 0 Å². The van der Waals surface area contributed by atoms with Gasteiger partial charge >= 0.3 is 0 Å². The number of pyridine rings is 1. The Morgan fingerprint density at radius 1 is 0.939 bits per heavy atom. The minimum absolute atomic E-state index is 0.0483. The number of rotatable bonds is 9. The molecule has 2 aromatic heterocycles. The highest BCUT2D eigenvalue weighted by molar-refractivity contribution is 7.99. The predicted molar refractivity (Wildman–Crippen MR) is 133 cm³/mol. The Balaban J connectivity index is 1.55. The van der Waals surface area contributed by atoms with Crippen LogP contribution in [-0.4, -0.2) is 31.4 Å². The molecular formula is C26H27N5OS. The van der Waals surface area contributed by atoms with Crippen LogP contribution in [0.15, 0.2) is 78.2 Å². The van der Waals surface area contributed by atoms with Gasteiger partial charge in [0, 0.05) is 23.6 Å². The summed E-state index contributed by atoms with van der Waals surface area (Å²) in [4.78, 5) is 17.1. The molecule has 4 aromatic rings. The van der Waals surface area contributed by atoms with Gasteiger partial charge in [-0.3, -0.25) is 14.3 Å². The molecule has 2 aromatic carbocycles. The van der Waals surface area contributed by atoms with E-state index in [1.807, 2.05) is 41.0 Å². The number of para-hydroxylation sites is 1. The zero-order valence-electron chi connectivity index (χ0n) is 18.9. The number of amides is 1. The van der Waals surface area contributed by atoms with Crippen LogP contribution in [0.4, 0.5) is 5.69 Å². The van der Waals surface area contributed by atoms with E-state index < -0.39 is 0 Å². The Morgan fingerprint density at radius 2 is 1.70 bits per heavy atom. The van der Waals surface area contributed by atoms with Crippen LogP contribution in [0.5, 0.6) is 0 Å². The number of anilines is 1. The van der Waals surface area contributed by atoms with Crippen molar-refractivity contribution in [2.75, 3.05) is 11.1 Å². The molecule has 0 radical (unpaired) electrons. The van der Waals surface area contributed by atoms with Crippen molar-refractivity contribution < 1.29 is 4.79 Å². The molecule has 0 unspecified atom stereocenters. The molecule has 0 bridgehead atoms. The average molecular weight is 458 g/mol. The Bertz CT molecular complexity index is 1190. The summed E-state index contributed by atoms with van der Waals surface area (Å²) in [6.07, 6.45) is 5.26. The monoisotopic (exact) mass is 457 g/mol. The molecule has 6 nitrogen and oxygen atoms in total. The van der Waals surface area contributed by atoms with Crippen molar-refractivity contribution in [3.05, 3.63) is 89.7 Å². The highest BCUT2D eigenvalue weighted by Crippen LogP contribution is 2.26. The zero-order valence-corrected chi connectivity index (χ0v) is 19.7. The van der Waals surface area contributed by atoms with Crippen LogP contribution in [0.25, 0.3) is 11.4 Å². The Morgan fingerprint density at radius 3 is 2.36 bits per heavy atom. The molecule has 168 valence electrons. The van der Waals surface area contributed by atoms with Crippen molar-refractivity contribution in [1.29, 1.82) is 0 Å². The second-order valence-corrected chi connectivity index (χ2v) is 8.56. The van der Waals surface area contributed by atoms with Gasteiger partial charge in [-0.2, -0.15) is 0 Å². The third kappa shape index (κ3) is 5.49. The molecular weight excluding hydrogens is 430 g/mol. The van der Waals surface area contributed by atoms with Crippen LogP contribution < -0.4 is 5.32 Å². The number of aromatic nitrogens is 4. The molecule has 0 saturated carbocycles. The molecule has 0 spiro atoms. The third-order valence-electron chi connectivity index (χ3n) is 5.42. The Kier molecular flexibility index (Phi) is 7.52. The van der Waals surface area contributed by atoms with Gasteiger partial charge in [-0.05, 0) is 41.7 Å². The van der Waals surface area contributed by atoms with Gasteiger partial charge in [0.25, 0.3) is 0 Å². The number of nitrogens with zero attached hydrogens (tertiary/aromatic N) is 4. The van der Waals surface area contributed by atoms with Crippen LogP contribution in [0.3, 0.4) is 0 Å². The SMILES string of the molecule is CCc1cccc(CC)c1NC(=O)CSc1nnc(-c2cccnc2)n1Cc1ccccc1. The van der Waals surface area contributed by atoms with Crippen molar-refractivity contribution in [1.82, 2.24) is 19.7 Å². The van der Waals surface area contributed by atoms with E-state index in [-0.39, 0.29) is 11.7 Å². The summed E-state index contributed by atoms with van der Waals surface area (Å²) in [7, 11) is 0. The lowest BCUT2D eigenvalue weighted by atomic mass is 10.0. The van der Waals surface area contributed by atoms with Crippen molar-refractivity contribution in [2.45, 2.75) is 38.4 Å². The molecule has 33 heavy (non-hydrogen) atoms. The highest BCUT2D eigenvalue weighted by atomic mass is 32.2. The summed E-state index contributed by atoms with van der Waals surface area (Å²) in [5, 5.41) is 12.7. The number of benzene rings is 2. The molecule has 1 amide bonds. The van der Waals surface area contributed by atoms with Crippen LogP contribution in [0, 0.1) is 0 Å². The summed E-state index contributed by atoms with van der Waals surface area (Å²) in [6.45, 7) is 4.82. The number of carbonyl (C=O) groups is 1. The second kappa shape index (κ2) is 10.9. The van der Waals surface area contributed by atoms with Gasteiger partial charge in [0.05, 0.1) is 12.3 Å². The summed E-state index contributed by atoms with van der Waals surface area (Å²) in [5.74, 6) is 0.938. The van der Waals surface area contributed by atoms with E-state index in [1.54, 1.807) is 12.4 Å². The maximum atomic E-state index is 12.9. The molecule has 4 rings (SSSR count). The van der Waals surface area contributed by atoms with Gasteiger partial charge in [-0.25, -0.2) is 0 Å². The van der Waals surface area contributed by atoms with Crippen LogP contribution >= 0.6 is 11.8 Å². The second-order valence-electron chi connectivity index (χ2n) is 7.61. The maximum Gasteiger partial charge on any atom is 0.234 e. The number of thioether (sulfide) groups is 1. The summed E-state index contributed by atoms with van der Waals surface area (Å²) >= 11 is 1.39. The number of aryl methyl sites for hydroxylation is 2. The van der Waals surface area contributed by atoms with Crippen molar-refractivity contribution in [2.24, 2.45) is 0 Å². The maximum absolute atomic E-state index is 12.9. The van der Waals surface area contributed by atoms with E-state index in [0.717, 1.165) is 46.6 Å². The van der Waals surface area contributed by atoms with Gasteiger partial charge in [0.15, 0.2) is 11.0 Å². The molecule has 0 aliphatic rings. The molecule has 0 aliphatic heterocycles. The first-order valence-corrected chi connectivity index (χ1v) is 12.1. The molecule has 2 heterocycles. The Labute approximate surface area is 198 Å². The lowest BCUT2D eigenvalue weighted by Gasteiger charge is -2.14. The lowest BCUT2D eigenvalue weighted by Crippen LogP contribution is -2.17. The first kappa shape index (κ1) is 22.7. The normalized spacial score (nSPS) is 10.8. The van der Waals surface area contributed by atoms with E-state index >= 15 is 0 Å². The fraction of sp³-hybridized carbons (Fsp3) is 0.231. The summed E-state index contributed by atoms with van der Waals surface area (Å²) < 4.78 is 2.04. The predicted octanol–water partition coefficient (Wildman–Crippen LogP) is 5.24. The van der Waals surface area contributed by atoms with E-state index in [9.17, 15) is 4.79 Å². The molecule has 1 N–H and O–H groups in total. The fourth-order valence-electron chi connectivity index (χ4n) is 3.72. The highest BCUT2D eigenvalue weighted by Gasteiger charge is 2.17. The molecule has 0 atom stereocenters. The average Bonchev–Trinajstić information content (AvgIpc) is 3.26. The van der Waals surface area contributed by atoms with Crippen LogP contribution in [0.2, 0.25) is 0 Å². The number of carbonyl (C=O) groups excluding carboxylic acids is 1. The van der Waals surface area contributed by atoms with E-state index in [1.165, 1.54) is 11.8 Å². The lowest BCUT2D eigenvalue weighted by molar-refractivity contribution is -0.113. The molecule has 7 heteroatoms. The number of hydrogen-bond donors (Lipinski definition) is 1. The first-order valence-electron chi connectivity index (χ1n) is 11.1. The number of hydrogen-bond acceptors (Lipinski definition) is 5. The van der Waals surface area contributed by atoms with Crippen molar-refractivity contribution >= 4 is 23.4 Å². The topological polar surface area (TPSA) is 72.7 Å². The molecule has 0 aliphatic carbocycles. The first-order chi connectivity index (χ1) is 16.2. The fourth-order valence-corrected chi connectivity index (χ4v) is 4.46. The minimum Gasteiger partial charge on any atom is -0.325 e. The molecule has 0 saturated heterocycles. The van der Waals surface area contributed by atoms with Gasteiger partial charge in [0.2, 0.25) is 5.91 Å². The minimum atomic E-state index is -0.0483. The smallest absolute Gasteiger partial charge is 0.234 e. The summed E-state index contributed by atoms with van der Waals surface area (Å²) in [6, 6.07) is 20.2. The standard InChI is InChI=1S/C26H27N5OS/c1-3-20-12-8-13-21(4-2)24(20)28-23(32)18-33-26-30-29-25(22-14-9-15-27-16-22)31(26)17-19-10-6-5-7-11-19/h5-16H,3-4,17-18H2,1-2H3,(H,28,32). The van der Waals surface area contributed by atoms with E-state index in [0.29, 0.717) is 11.7 Å². The largest absolute Gasteiger partial charge is 0.325 e. The quantitative estimate of drug-likeness (QED) is 0.348. The van der Waals surface area contributed by atoms with Crippen molar-refractivity contribution in [3.8, 4) is 11.4 Å².